The average molecular weight is 336 g/mol. The Balaban J connectivity index is 1.27. The summed E-state index contributed by atoms with van der Waals surface area (Å²) >= 11 is 0. The number of fused-ring (bicyclic) bond motifs is 1. The summed E-state index contributed by atoms with van der Waals surface area (Å²) in [5, 5.41) is 12.8. The van der Waals surface area contributed by atoms with Gasteiger partial charge in [0.2, 0.25) is 5.95 Å². The fraction of sp³-hybridized carbons (Fsp3) is 0.471. The molecular weight excluding hydrogens is 316 g/mol. The molecule has 5 rings (SSSR count). The molecule has 1 aliphatic carbocycles. The van der Waals surface area contributed by atoms with E-state index in [1.807, 2.05) is 31.5 Å². The predicted molar refractivity (Wildman–Crippen MR) is 93.9 cm³/mol. The number of hydrogen-bond acceptors (Lipinski definition) is 7. The fourth-order valence-electron chi connectivity index (χ4n) is 3.25. The van der Waals surface area contributed by atoms with Crippen LogP contribution in [0, 0.1) is 6.92 Å². The highest BCUT2D eigenvalue weighted by Crippen LogP contribution is 2.39. The number of nitrogens with zero attached hydrogens (tertiary/aromatic N) is 8. The number of hydrogen-bond donors (Lipinski definition) is 0. The number of rotatable bonds is 4. The van der Waals surface area contributed by atoms with Crippen molar-refractivity contribution in [3.63, 3.8) is 0 Å². The van der Waals surface area contributed by atoms with Gasteiger partial charge in [-0.15, -0.1) is 15.3 Å². The Morgan fingerprint density at radius 3 is 2.56 bits per heavy atom. The molecule has 8 nitrogen and oxygen atoms in total. The third kappa shape index (κ3) is 2.48. The Morgan fingerprint density at radius 2 is 1.84 bits per heavy atom. The van der Waals surface area contributed by atoms with E-state index >= 15 is 0 Å². The van der Waals surface area contributed by atoms with Gasteiger partial charge in [-0.05, 0) is 43.4 Å². The van der Waals surface area contributed by atoms with E-state index < -0.39 is 0 Å². The van der Waals surface area contributed by atoms with Crippen molar-refractivity contribution in [2.24, 2.45) is 0 Å². The van der Waals surface area contributed by atoms with Crippen molar-refractivity contribution in [3.05, 3.63) is 35.9 Å². The van der Waals surface area contributed by atoms with Crippen LogP contribution in [0.4, 0.5) is 11.8 Å². The molecule has 1 aliphatic heterocycles. The molecule has 4 heterocycles. The van der Waals surface area contributed by atoms with Crippen molar-refractivity contribution in [1.82, 2.24) is 29.8 Å². The highest BCUT2D eigenvalue weighted by atomic mass is 15.4. The van der Waals surface area contributed by atoms with Gasteiger partial charge in [0.05, 0.1) is 6.04 Å². The van der Waals surface area contributed by atoms with Crippen molar-refractivity contribution in [2.75, 3.05) is 29.9 Å². The number of anilines is 2. The lowest BCUT2D eigenvalue weighted by atomic mass is 10.1. The Bertz CT molecular complexity index is 908. The van der Waals surface area contributed by atoms with Crippen LogP contribution in [-0.2, 0) is 0 Å². The van der Waals surface area contributed by atoms with E-state index in [2.05, 4.69) is 42.1 Å². The van der Waals surface area contributed by atoms with Crippen LogP contribution in [0.5, 0.6) is 0 Å². The average Bonchev–Trinajstić information content (AvgIpc) is 3.38. The van der Waals surface area contributed by atoms with Crippen molar-refractivity contribution in [1.29, 1.82) is 0 Å². The minimum atomic E-state index is 0.395. The molecule has 0 N–H and O–H groups in total. The monoisotopic (exact) mass is 336 g/mol. The summed E-state index contributed by atoms with van der Waals surface area (Å²) < 4.78 is 1.78. The molecule has 0 amide bonds. The number of aryl methyl sites for hydroxylation is 1. The zero-order chi connectivity index (χ0) is 17.0. The van der Waals surface area contributed by atoms with Gasteiger partial charge < -0.3 is 9.80 Å². The van der Waals surface area contributed by atoms with Gasteiger partial charge in [-0.25, -0.2) is 9.97 Å². The van der Waals surface area contributed by atoms with Gasteiger partial charge in [-0.1, -0.05) is 0 Å². The minimum absolute atomic E-state index is 0.395. The molecule has 0 aromatic carbocycles. The third-order valence-electron chi connectivity index (χ3n) is 5.16. The van der Waals surface area contributed by atoms with Gasteiger partial charge in [0, 0.05) is 32.5 Å². The lowest BCUT2D eigenvalue weighted by Gasteiger charge is -2.44. The second kappa shape index (κ2) is 5.37. The first kappa shape index (κ1) is 14.6. The van der Waals surface area contributed by atoms with Crippen molar-refractivity contribution in [2.45, 2.75) is 31.7 Å². The summed E-state index contributed by atoms with van der Waals surface area (Å²) in [5.41, 5.74) is 2.05. The molecule has 0 atom stereocenters. The first-order chi connectivity index (χ1) is 12.2. The van der Waals surface area contributed by atoms with E-state index in [1.165, 1.54) is 18.4 Å². The third-order valence-corrected chi connectivity index (χ3v) is 5.16. The molecule has 3 aromatic rings. The van der Waals surface area contributed by atoms with Gasteiger partial charge in [0.1, 0.15) is 5.82 Å². The maximum absolute atomic E-state index is 4.63. The summed E-state index contributed by atoms with van der Waals surface area (Å²) in [6.45, 7) is 3.72. The number of likely N-dealkylation sites (N-methyl/N-ethyl adjacent to an activating group) is 1. The molecule has 0 bridgehead atoms. The summed E-state index contributed by atoms with van der Waals surface area (Å²) in [7, 11) is 2.06. The second-order valence-electron chi connectivity index (χ2n) is 6.97. The van der Waals surface area contributed by atoms with Crippen LogP contribution in [0.1, 0.15) is 30.1 Å². The largest absolute Gasteiger partial charge is 0.351 e. The molecule has 1 saturated carbocycles. The molecule has 0 unspecified atom stereocenters. The lowest BCUT2D eigenvalue weighted by Crippen LogP contribution is -2.59. The normalized spacial score (nSPS) is 17.8. The van der Waals surface area contributed by atoms with E-state index in [9.17, 15) is 0 Å². The van der Waals surface area contributed by atoms with Gasteiger partial charge >= 0.3 is 0 Å². The van der Waals surface area contributed by atoms with Crippen molar-refractivity contribution < 1.29 is 0 Å². The maximum atomic E-state index is 4.63. The molecule has 1 saturated heterocycles. The Kier molecular flexibility index (Phi) is 3.13. The van der Waals surface area contributed by atoms with E-state index in [-0.39, 0.29) is 0 Å². The van der Waals surface area contributed by atoms with E-state index in [4.69, 9.17) is 0 Å². The van der Waals surface area contributed by atoms with Crippen LogP contribution in [0.15, 0.2) is 24.5 Å². The predicted octanol–water partition coefficient (Wildman–Crippen LogP) is 1.43. The Morgan fingerprint density at radius 1 is 1.08 bits per heavy atom. The standard InChI is InChI=1S/C17H20N8/c1-11-20-21-15-5-6-16(22-25(11)15)24-9-14(10-24)23(2)17-18-7-13(8-19-17)12-3-4-12/h5-8,12,14H,3-4,9-10H2,1-2H3. The van der Waals surface area contributed by atoms with Gasteiger partial charge in [0.15, 0.2) is 11.5 Å². The van der Waals surface area contributed by atoms with Crippen LogP contribution < -0.4 is 9.80 Å². The van der Waals surface area contributed by atoms with Crippen molar-refractivity contribution in [3.8, 4) is 0 Å². The molecule has 25 heavy (non-hydrogen) atoms. The first-order valence-corrected chi connectivity index (χ1v) is 8.68. The summed E-state index contributed by atoms with van der Waals surface area (Å²) in [6.07, 6.45) is 6.52. The zero-order valence-electron chi connectivity index (χ0n) is 14.4. The topological polar surface area (TPSA) is 75.3 Å². The molecule has 3 aromatic heterocycles. The summed E-state index contributed by atoms with van der Waals surface area (Å²) in [6, 6.07) is 4.35. The molecule has 0 radical (unpaired) electrons. The smallest absolute Gasteiger partial charge is 0.225 e. The van der Waals surface area contributed by atoms with Crippen LogP contribution >= 0.6 is 0 Å². The van der Waals surface area contributed by atoms with Crippen LogP contribution in [0.25, 0.3) is 5.65 Å². The highest BCUT2D eigenvalue weighted by molar-refractivity contribution is 5.49. The van der Waals surface area contributed by atoms with E-state index in [1.54, 1.807) is 4.52 Å². The zero-order valence-corrected chi connectivity index (χ0v) is 14.4. The quantitative estimate of drug-likeness (QED) is 0.713. The molecule has 2 aliphatic rings. The number of aromatic nitrogens is 6. The molecule has 0 spiro atoms. The Hall–Kier alpha value is -2.77. The van der Waals surface area contributed by atoms with Gasteiger partial charge in [-0.2, -0.15) is 4.52 Å². The first-order valence-electron chi connectivity index (χ1n) is 8.68. The fourth-order valence-corrected chi connectivity index (χ4v) is 3.25. The summed E-state index contributed by atoms with van der Waals surface area (Å²) in [4.78, 5) is 13.5. The second-order valence-corrected chi connectivity index (χ2v) is 6.97. The molecule has 128 valence electrons. The molecule has 8 heteroatoms. The van der Waals surface area contributed by atoms with Crippen LogP contribution in [0.3, 0.4) is 0 Å². The van der Waals surface area contributed by atoms with Crippen LogP contribution in [0.2, 0.25) is 0 Å². The summed E-state index contributed by atoms with van der Waals surface area (Å²) in [5.74, 6) is 3.24. The van der Waals surface area contributed by atoms with Crippen LogP contribution in [-0.4, -0.2) is 56.0 Å². The highest BCUT2D eigenvalue weighted by Gasteiger charge is 2.33. The molecular formula is C17H20N8. The Labute approximate surface area is 145 Å². The van der Waals surface area contributed by atoms with Gasteiger partial charge in [0.25, 0.3) is 0 Å². The minimum Gasteiger partial charge on any atom is -0.351 e. The maximum Gasteiger partial charge on any atom is 0.225 e. The SMILES string of the molecule is Cc1nnc2ccc(N3CC(N(C)c4ncc(C5CC5)cn4)C3)nn12. The van der Waals surface area contributed by atoms with E-state index in [0.29, 0.717) is 12.0 Å². The molecule has 2 fully saturated rings. The lowest BCUT2D eigenvalue weighted by molar-refractivity contribution is 0.483. The van der Waals surface area contributed by atoms with Crippen molar-refractivity contribution >= 4 is 17.4 Å². The van der Waals surface area contributed by atoms with Gasteiger partial charge in [-0.3, -0.25) is 0 Å². The van der Waals surface area contributed by atoms with E-state index in [0.717, 1.165) is 36.3 Å².